The van der Waals surface area contributed by atoms with Crippen LogP contribution in [0.25, 0.3) is 0 Å². The molecule has 10 nitrogen and oxygen atoms in total. The van der Waals surface area contributed by atoms with Gasteiger partial charge in [0.15, 0.2) is 11.9 Å². The number of nitrogens with zero attached hydrogens (tertiary/aromatic N) is 4. The van der Waals surface area contributed by atoms with Gasteiger partial charge in [-0.25, -0.2) is 0 Å². The fourth-order valence-electron chi connectivity index (χ4n) is 3.50. The second-order valence-corrected chi connectivity index (χ2v) is 8.17. The summed E-state index contributed by atoms with van der Waals surface area (Å²) in [5, 5.41) is 21.3. The molecule has 194 valence electrons. The molecule has 0 saturated carbocycles. The first-order chi connectivity index (χ1) is 17.5. The van der Waals surface area contributed by atoms with E-state index < -0.39 is 0 Å². The van der Waals surface area contributed by atoms with Crippen molar-refractivity contribution in [3.8, 4) is 0 Å². The molecular formula is C26H40N10. The third kappa shape index (κ3) is 9.65. The molecule has 0 aliphatic rings. The van der Waals surface area contributed by atoms with Crippen molar-refractivity contribution in [2.24, 2.45) is 21.5 Å². The fourth-order valence-corrected chi connectivity index (χ4v) is 3.50. The van der Waals surface area contributed by atoms with Crippen molar-refractivity contribution in [3.63, 3.8) is 0 Å². The van der Waals surface area contributed by atoms with Crippen LogP contribution in [0.3, 0.4) is 0 Å². The summed E-state index contributed by atoms with van der Waals surface area (Å²) in [6.45, 7) is 6.44. The van der Waals surface area contributed by atoms with Gasteiger partial charge in [-0.1, -0.05) is 63.1 Å². The van der Waals surface area contributed by atoms with E-state index in [1.54, 1.807) is 0 Å². The first-order valence-electron chi connectivity index (χ1n) is 12.4. The minimum absolute atomic E-state index is 0.177. The van der Waals surface area contributed by atoms with E-state index in [1.807, 2.05) is 70.5 Å². The summed E-state index contributed by atoms with van der Waals surface area (Å²) in [7, 11) is 0. The van der Waals surface area contributed by atoms with E-state index >= 15 is 0 Å². The van der Waals surface area contributed by atoms with Gasteiger partial charge in [0.2, 0.25) is 11.9 Å². The molecule has 0 spiro atoms. The highest BCUT2D eigenvalue weighted by Crippen LogP contribution is 2.16. The third-order valence-electron chi connectivity index (χ3n) is 5.23. The van der Waals surface area contributed by atoms with Crippen LogP contribution in [0.5, 0.6) is 0 Å². The molecule has 0 heterocycles. The summed E-state index contributed by atoms with van der Waals surface area (Å²) in [6.07, 6.45) is 3.96. The Morgan fingerprint density at radius 3 is 1.36 bits per heavy atom. The molecule has 8 N–H and O–H groups in total. The topological polar surface area (TPSA) is 155 Å². The summed E-state index contributed by atoms with van der Waals surface area (Å²) in [4.78, 5) is 13.5. The summed E-state index contributed by atoms with van der Waals surface area (Å²) >= 11 is 0. The van der Waals surface area contributed by atoms with Gasteiger partial charge in [0.1, 0.15) is 0 Å². The van der Waals surface area contributed by atoms with E-state index in [0.717, 1.165) is 50.1 Å². The van der Waals surface area contributed by atoms with Crippen molar-refractivity contribution < 1.29 is 0 Å². The first kappa shape index (κ1) is 28.2. The molecule has 0 aliphatic carbocycles. The maximum Gasteiger partial charge on any atom is 0.205 e. The zero-order chi connectivity index (χ0) is 26.2. The van der Waals surface area contributed by atoms with Gasteiger partial charge in [0.05, 0.1) is 13.1 Å². The minimum Gasteiger partial charge on any atom is -0.370 e. The SMILES string of the molecule is CCCCN(/C(=N/CC/N=C(\NC(=N)N)N(CCCC)c1ccccc1)NC(=N)N)c1ccccc1. The van der Waals surface area contributed by atoms with Gasteiger partial charge < -0.3 is 21.3 Å². The number of anilines is 2. The highest BCUT2D eigenvalue weighted by molar-refractivity contribution is 6.06. The van der Waals surface area contributed by atoms with Crippen LogP contribution in [0.2, 0.25) is 0 Å². The quantitative estimate of drug-likeness (QED) is 0.161. The Labute approximate surface area is 214 Å². The molecule has 2 aromatic carbocycles. The normalized spacial score (nSPS) is 11.6. The maximum atomic E-state index is 7.78. The number of benzene rings is 2. The van der Waals surface area contributed by atoms with Crippen LogP contribution in [0.4, 0.5) is 11.4 Å². The smallest absolute Gasteiger partial charge is 0.205 e. The van der Waals surface area contributed by atoms with E-state index in [-0.39, 0.29) is 11.9 Å². The molecule has 0 fully saturated rings. The van der Waals surface area contributed by atoms with Crippen LogP contribution in [-0.2, 0) is 0 Å². The Bertz CT molecular complexity index is 907. The van der Waals surface area contributed by atoms with Gasteiger partial charge in [0, 0.05) is 24.5 Å². The van der Waals surface area contributed by atoms with Crippen LogP contribution in [-0.4, -0.2) is 50.0 Å². The molecule has 0 radical (unpaired) electrons. The Kier molecular flexibility index (Phi) is 12.3. The third-order valence-corrected chi connectivity index (χ3v) is 5.23. The highest BCUT2D eigenvalue weighted by Gasteiger charge is 2.15. The average Bonchev–Trinajstić information content (AvgIpc) is 2.87. The summed E-state index contributed by atoms with van der Waals surface area (Å²) in [5.74, 6) is 0.653. The Morgan fingerprint density at radius 2 is 1.06 bits per heavy atom. The molecule has 0 atom stereocenters. The van der Waals surface area contributed by atoms with E-state index in [2.05, 4.69) is 24.5 Å². The van der Waals surface area contributed by atoms with Gasteiger partial charge in [0.25, 0.3) is 0 Å². The van der Waals surface area contributed by atoms with Gasteiger partial charge in [-0.05, 0) is 37.1 Å². The molecule has 0 aliphatic heterocycles. The van der Waals surface area contributed by atoms with Crippen LogP contribution >= 0.6 is 0 Å². The zero-order valence-electron chi connectivity index (χ0n) is 21.4. The van der Waals surface area contributed by atoms with E-state index in [4.69, 9.17) is 32.3 Å². The van der Waals surface area contributed by atoms with Crippen LogP contribution in [0.1, 0.15) is 39.5 Å². The lowest BCUT2D eigenvalue weighted by Crippen LogP contribution is -2.48. The lowest BCUT2D eigenvalue weighted by molar-refractivity contribution is 0.781. The average molecular weight is 493 g/mol. The maximum absolute atomic E-state index is 7.78. The minimum atomic E-state index is -0.177. The molecule has 0 unspecified atom stereocenters. The van der Waals surface area contributed by atoms with Crippen molar-refractivity contribution in [1.82, 2.24) is 10.6 Å². The number of nitrogens with one attached hydrogen (secondary N) is 4. The number of aliphatic imine (C=N–C) groups is 2. The molecular weight excluding hydrogens is 452 g/mol. The van der Waals surface area contributed by atoms with Gasteiger partial charge in [-0.2, -0.15) is 0 Å². The molecule has 2 aromatic rings. The largest absolute Gasteiger partial charge is 0.370 e. The molecule has 0 bridgehead atoms. The number of hydrogen-bond acceptors (Lipinski definition) is 4. The van der Waals surface area contributed by atoms with Crippen molar-refractivity contribution in [3.05, 3.63) is 60.7 Å². The lowest BCUT2D eigenvalue weighted by atomic mass is 10.2. The summed E-state index contributed by atoms with van der Waals surface area (Å²) < 4.78 is 0. The van der Waals surface area contributed by atoms with Gasteiger partial charge >= 0.3 is 0 Å². The fraction of sp³-hybridized carbons (Fsp3) is 0.385. The number of unbranched alkanes of at least 4 members (excludes halogenated alkanes) is 2. The first-order valence-corrected chi connectivity index (χ1v) is 12.4. The number of guanidine groups is 4. The summed E-state index contributed by atoms with van der Waals surface area (Å²) in [6, 6.07) is 19.8. The molecule has 0 aromatic heterocycles. The lowest BCUT2D eigenvalue weighted by Gasteiger charge is -2.27. The van der Waals surface area contributed by atoms with Crippen LogP contribution < -0.4 is 31.9 Å². The number of para-hydroxylation sites is 2. The Morgan fingerprint density at radius 1 is 0.694 bits per heavy atom. The number of rotatable bonds is 11. The van der Waals surface area contributed by atoms with Crippen molar-refractivity contribution >= 4 is 35.2 Å². The van der Waals surface area contributed by atoms with E-state index in [9.17, 15) is 0 Å². The standard InChI is InChI=1S/C26H40N10/c1-3-5-19-35(21-13-9-7-10-14-21)25(33-23(27)28)31-17-18-32-26(34-24(29)30)36(20-6-4-2)22-15-11-8-12-16-22/h7-16H,3-6,17-20H2,1-2H3,(H4,27,28,31,33)(H4,29,30,32,34). The highest BCUT2D eigenvalue weighted by atomic mass is 15.3. The Balaban J connectivity index is 2.29. The van der Waals surface area contributed by atoms with E-state index in [0.29, 0.717) is 25.0 Å². The van der Waals surface area contributed by atoms with Crippen molar-refractivity contribution in [2.45, 2.75) is 39.5 Å². The zero-order valence-corrected chi connectivity index (χ0v) is 21.4. The molecule has 10 heteroatoms. The predicted molar refractivity (Wildman–Crippen MR) is 152 cm³/mol. The van der Waals surface area contributed by atoms with Crippen LogP contribution in [0.15, 0.2) is 70.6 Å². The van der Waals surface area contributed by atoms with Crippen LogP contribution in [0, 0.1) is 10.8 Å². The summed E-state index contributed by atoms with van der Waals surface area (Å²) in [5.41, 5.74) is 13.3. The van der Waals surface area contributed by atoms with Crippen molar-refractivity contribution in [1.29, 1.82) is 10.8 Å². The number of hydrogen-bond donors (Lipinski definition) is 6. The van der Waals surface area contributed by atoms with E-state index in [1.165, 1.54) is 0 Å². The molecule has 2 rings (SSSR count). The second-order valence-electron chi connectivity index (χ2n) is 8.17. The number of nitrogens with two attached hydrogens (primary N) is 2. The van der Waals surface area contributed by atoms with Gasteiger partial charge in [-0.3, -0.25) is 31.4 Å². The Hall–Kier alpha value is -4.08. The van der Waals surface area contributed by atoms with Crippen molar-refractivity contribution in [2.75, 3.05) is 36.0 Å². The monoisotopic (exact) mass is 492 g/mol. The molecule has 0 saturated heterocycles. The van der Waals surface area contributed by atoms with Gasteiger partial charge in [-0.15, -0.1) is 0 Å². The predicted octanol–water partition coefficient (Wildman–Crippen LogP) is 3.28. The second kappa shape index (κ2) is 15.8. The molecule has 0 amide bonds. The molecule has 36 heavy (non-hydrogen) atoms.